The van der Waals surface area contributed by atoms with Gasteiger partial charge < -0.3 is 10.2 Å². The summed E-state index contributed by atoms with van der Waals surface area (Å²) in [7, 11) is 1.81. The minimum atomic E-state index is -0.156. The SMILES string of the molecule is CN1CCC(Nc2cc(Br)ncn2)C1=O. The molecule has 1 amide bonds. The van der Waals surface area contributed by atoms with Gasteiger partial charge in [0, 0.05) is 19.7 Å². The van der Waals surface area contributed by atoms with Crippen LogP contribution >= 0.6 is 15.9 Å². The fourth-order valence-corrected chi connectivity index (χ4v) is 1.86. The summed E-state index contributed by atoms with van der Waals surface area (Å²) in [6.07, 6.45) is 2.27. The van der Waals surface area contributed by atoms with Gasteiger partial charge in [0.05, 0.1) is 0 Å². The summed E-state index contributed by atoms with van der Waals surface area (Å²) in [6.45, 7) is 0.794. The monoisotopic (exact) mass is 270 g/mol. The van der Waals surface area contributed by atoms with Crippen LogP contribution in [0.15, 0.2) is 17.0 Å². The van der Waals surface area contributed by atoms with Crippen LogP contribution in [0.5, 0.6) is 0 Å². The van der Waals surface area contributed by atoms with E-state index in [1.165, 1.54) is 6.33 Å². The quantitative estimate of drug-likeness (QED) is 0.811. The van der Waals surface area contributed by atoms with Crippen LogP contribution in [-0.4, -0.2) is 40.4 Å². The summed E-state index contributed by atoms with van der Waals surface area (Å²) in [5, 5.41) is 3.09. The van der Waals surface area contributed by atoms with Crippen LogP contribution in [0.4, 0.5) is 5.82 Å². The van der Waals surface area contributed by atoms with Crippen LogP contribution < -0.4 is 5.32 Å². The average Bonchev–Trinajstić information content (AvgIpc) is 2.50. The highest BCUT2D eigenvalue weighted by Crippen LogP contribution is 2.15. The van der Waals surface area contributed by atoms with E-state index in [0.29, 0.717) is 10.4 Å². The van der Waals surface area contributed by atoms with E-state index in [9.17, 15) is 4.79 Å². The molecule has 6 heteroatoms. The third kappa shape index (κ3) is 2.26. The van der Waals surface area contributed by atoms with Crippen LogP contribution in [-0.2, 0) is 4.79 Å². The van der Waals surface area contributed by atoms with Crippen molar-refractivity contribution in [3.63, 3.8) is 0 Å². The first-order chi connectivity index (χ1) is 7.16. The molecule has 0 aromatic carbocycles. The second-order valence-electron chi connectivity index (χ2n) is 3.47. The van der Waals surface area contributed by atoms with Crippen molar-refractivity contribution in [3.05, 3.63) is 17.0 Å². The minimum absolute atomic E-state index is 0.115. The largest absolute Gasteiger partial charge is 0.358 e. The molecule has 2 rings (SSSR count). The Balaban J connectivity index is 2.06. The lowest BCUT2D eigenvalue weighted by molar-refractivity contribution is -0.127. The minimum Gasteiger partial charge on any atom is -0.358 e. The van der Waals surface area contributed by atoms with Gasteiger partial charge in [-0.15, -0.1) is 0 Å². The fourth-order valence-electron chi connectivity index (χ4n) is 1.55. The predicted molar refractivity (Wildman–Crippen MR) is 59.4 cm³/mol. The van der Waals surface area contributed by atoms with Gasteiger partial charge in [0.15, 0.2) is 0 Å². The average molecular weight is 271 g/mol. The molecule has 15 heavy (non-hydrogen) atoms. The Morgan fingerprint density at radius 1 is 1.60 bits per heavy atom. The second kappa shape index (κ2) is 4.14. The van der Waals surface area contributed by atoms with E-state index >= 15 is 0 Å². The number of likely N-dealkylation sites (N-methyl/N-ethyl adjacent to an activating group) is 1. The summed E-state index contributed by atoms with van der Waals surface area (Å²) in [5.41, 5.74) is 0. The number of nitrogens with one attached hydrogen (secondary N) is 1. The van der Waals surface area contributed by atoms with Gasteiger partial charge in [-0.25, -0.2) is 9.97 Å². The van der Waals surface area contributed by atoms with Crippen LogP contribution in [0.3, 0.4) is 0 Å². The third-order valence-corrected chi connectivity index (χ3v) is 2.82. The molecule has 1 saturated heterocycles. The maximum Gasteiger partial charge on any atom is 0.244 e. The number of likely N-dealkylation sites (tertiary alicyclic amines) is 1. The second-order valence-corrected chi connectivity index (χ2v) is 4.28. The van der Waals surface area contributed by atoms with E-state index in [4.69, 9.17) is 0 Å². The van der Waals surface area contributed by atoms with E-state index in [1.54, 1.807) is 18.0 Å². The lowest BCUT2D eigenvalue weighted by Crippen LogP contribution is -2.31. The molecule has 1 N–H and O–H groups in total. The number of aromatic nitrogens is 2. The smallest absolute Gasteiger partial charge is 0.244 e. The molecular formula is C9H11BrN4O. The molecule has 80 valence electrons. The highest BCUT2D eigenvalue weighted by atomic mass is 79.9. The van der Waals surface area contributed by atoms with E-state index in [-0.39, 0.29) is 11.9 Å². The molecule has 1 aromatic heterocycles. The molecule has 0 aliphatic carbocycles. The summed E-state index contributed by atoms with van der Waals surface area (Å²) < 4.78 is 0.707. The van der Waals surface area contributed by atoms with E-state index in [1.807, 2.05) is 0 Å². The summed E-state index contributed by atoms with van der Waals surface area (Å²) >= 11 is 3.25. The number of anilines is 1. The number of hydrogen-bond donors (Lipinski definition) is 1. The Labute approximate surface area is 96.0 Å². The van der Waals surface area contributed by atoms with Crippen LogP contribution in [0, 0.1) is 0 Å². The van der Waals surface area contributed by atoms with E-state index < -0.39 is 0 Å². The molecule has 1 atom stereocenters. The predicted octanol–water partition coefficient (Wildman–Crippen LogP) is 0.882. The molecule has 0 saturated carbocycles. The number of halogens is 1. The molecule has 1 aliphatic heterocycles. The van der Waals surface area contributed by atoms with Crippen molar-refractivity contribution in [2.75, 3.05) is 18.9 Å². The van der Waals surface area contributed by atoms with Crippen molar-refractivity contribution >= 4 is 27.7 Å². The molecule has 0 spiro atoms. The molecule has 0 bridgehead atoms. The number of rotatable bonds is 2. The molecular weight excluding hydrogens is 260 g/mol. The fraction of sp³-hybridized carbons (Fsp3) is 0.444. The Bertz CT molecular complexity index is 384. The zero-order valence-electron chi connectivity index (χ0n) is 8.27. The van der Waals surface area contributed by atoms with E-state index in [0.717, 1.165) is 13.0 Å². The van der Waals surface area contributed by atoms with Gasteiger partial charge in [-0.1, -0.05) is 0 Å². The topological polar surface area (TPSA) is 58.1 Å². The van der Waals surface area contributed by atoms with Crippen molar-refractivity contribution < 1.29 is 4.79 Å². The van der Waals surface area contributed by atoms with Gasteiger partial charge in [-0.2, -0.15) is 0 Å². The Kier molecular flexibility index (Phi) is 2.86. The maximum absolute atomic E-state index is 11.6. The number of carbonyl (C=O) groups excluding carboxylic acids is 1. The van der Waals surface area contributed by atoms with Gasteiger partial charge in [-0.05, 0) is 22.4 Å². The van der Waals surface area contributed by atoms with Crippen LogP contribution in [0.25, 0.3) is 0 Å². The Morgan fingerprint density at radius 3 is 3.00 bits per heavy atom. The summed E-state index contributed by atoms with van der Waals surface area (Å²) in [5.74, 6) is 0.787. The molecule has 1 aliphatic rings. The van der Waals surface area contributed by atoms with Crippen molar-refractivity contribution in [2.24, 2.45) is 0 Å². The van der Waals surface area contributed by atoms with E-state index in [2.05, 4.69) is 31.2 Å². The lowest BCUT2D eigenvalue weighted by atomic mass is 10.2. The number of nitrogens with zero attached hydrogens (tertiary/aromatic N) is 3. The van der Waals surface area contributed by atoms with Gasteiger partial charge in [0.25, 0.3) is 0 Å². The van der Waals surface area contributed by atoms with Gasteiger partial charge in [0.2, 0.25) is 5.91 Å². The standard InChI is InChI=1S/C9H11BrN4O/c1-14-3-2-6(9(14)15)13-8-4-7(10)11-5-12-8/h4-6H,2-3H2,1H3,(H,11,12,13). The normalized spacial score (nSPS) is 20.8. The number of carbonyl (C=O) groups is 1. The van der Waals surface area contributed by atoms with Crippen LogP contribution in [0.1, 0.15) is 6.42 Å². The molecule has 1 fully saturated rings. The Morgan fingerprint density at radius 2 is 2.40 bits per heavy atom. The molecule has 0 radical (unpaired) electrons. The van der Waals surface area contributed by atoms with Crippen molar-refractivity contribution in [2.45, 2.75) is 12.5 Å². The van der Waals surface area contributed by atoms with Crippen molar-refractivity contribution in [3.8, 4) is 0 Å². The zero-order valence-corrected chi connectivity index (χ0v) is 9.86. The highest BCUT2D eigenvalue weighted by Gasteiger charge is 2.28. The molecule has 1 unspecified atom stereocenters. The number of hydrogen-bond acceptors (Lipinski definition) is 4. The van der Waals surface area contributed by atoms with Gasteiger partial charge in [-0.3, -0.25) is 4.79 Å². The van der Waals surface area contributed by atoms with Gasteiger partial charge >= 0.3 is 0 Å². The molecule has 1 aromatic rings. The lowest BCUT2D eigenvalue weighted by Gasteiger charge is -2.12. The summed E-state index contributed by atoms with van der Waals surface area (Å²) in [6, 6.07) is 1.60. The molecule has 2 heterocycles. The first-order valence-corrected chi connectivity index (χ1v) is 5.45. The maximum atomic E-state index is 11.6. The highest BCUT2D eigenvalue weighted by molar-refractivity contribution is 9.10. The van der Waals surface area contributed by atoms with Crippen LogP contribution in [0.2, 0.25) is 0 Å². The van der Waals surface area contributed by atoms with Crippen molar-refractivity contribution in [1.29, 1.82) is 0 Å². The van der Waals surface area contributed by atoms with Gasteiger partial charge in [0.1, 0.15) is 22.8 Å². The first kappa shape index (κ1) is 10.4. The molecule has 5 nitrogen and oxygen atoms in total. The summed E-state index contributed by atoms with van der Waals surface area (Å²) in [4.78, 5) is 21.3. The van der Waals surface area contributed by atoms with Crippen molar-refractivity contribution in [1.82, 2.24) is 14.9 Å². The first-order valence-electron chi connectivity index (χ1n) is 4.66. The Hall–Kier alpha value is -1.17. The third-order valence-electron chi connectivity index (χ3n) is 2.38. The zero-order chi connectivity index (χ0) is 10.8. The number of amides is 1.